The molecule has 0 aliphatic heterocycles. The fraction of sp³-hybridized carbons (Fsp3) is 0.214. The van der Waals surface area contributed by atoms with E-state index in [4.69, 9.17) is 4.98 Å². The van der Waals surface area contributed by atoms with Crippen LogP contribution in [-0.4, -0.2) is 9.55 Å². The largest absolute Gasteiger partial charge is 0.288 e. The second-order valence-corrected chi connectivity index (χ2v) is 9.81. The van der Waals surface area contributed by atoms with Gasteiger partial charge in [-0.2, -0.15) is 0 Å². The monoisotopic (exact) mass is 436 g/mol. The van der Waals surface area contributed by atoms with E-state index in [2.05, 4.69) is 67.6 Å². The summed E-state index contributed by atoms with van der Waals surface area (Å²) in [5, 5.41) is 3.22. The van der Waals surface area contributed by atoms with Gasteiger partial charge in [-0.3, -0.25) is 9.36 Å². The Labute approximate surface area is 191 Å². The van der Waals surface area contributed by atoms with Crippen LogP contribution in [0.25, 0.3) is 32.4 Å². The number of hydrogen-bond donors (Lipinski definition) is 0. The van der Waals surface area contributed by atoms with Crippen LogP contribution in [0.5, 0.6) is 0 Å². The highest BCUT2D eigenvalue weighted by Gasteiger charge is 2.23. The Bertz CT molecular complexity index is 1540. The zero-order valence-electron chi connectivity index (χ0n) is 18.1. The average Bonchev–Trinajstić information content (AvgIpc) is 3.19. The molecule has 0 N–H and O–H groups in total. The molecule has 2 heterocycles. The number of nitrogens with zero attached hydrogens (tertiary/aromatic N) is 2. The van der Waals surface area contributed by atoms with E-state index in [0.29, 0.717) is 6.54 Å². The van der Waals surface area contributed by atoms with Crippen molar-refractivity contribution in [3.05, 3.63) is 98.7 Å². The summed E-state index contributed by atoms with van der Waals surface area (Å²) < 4.78 is 1.90. The Morgan fingerprint density at radius 1 is 0.969 bits per heavy atom. The van der Waals surface area contributed by atoms with Crippen LogP contribution in [0.3, 0.4) is 0 Å². The summed E-state index contributed by atoms with van der Waals surface area (Å²) in [7, 11) is 0. The summed E-state index contributed by atoms with van der Waals surface area (Å²) in [5.41, 5.74) is 4.65. The van der Waals surface area contributed by atoms with Crippen LogP contribution in [0.15, 0.2) is 71.5 Å². The third-order valence-electron chi connectivity index (χ3n) is 6.56. The normalized spacial score (nSPS) is 13.5. The first-order valence-corrected chi connectivity index (χ1v) is 12.1. The molecule has 0 spiro atoms. The molecule has 0 saturated heterocycles. The lowest BCUT2D eigenvalue weighted by Crippen LogP contribution is -2.24. The van der Waals surface area contributed by atoms with Crippen molar-refractivity contribution in [2.45, 2.75) is 39.2 Å². The smallest absolute Gasteiger partial charge is 0.263 e. The molecule has 2 aromatic heterocycles. The van der Waals surface area contributed by atoms with E-state index in [1.165, 1.54) is 33.2 Å². The van der Waals surface area contributed by atoms with Gasteiger partial charge in [-0.1, -0.05) is 66.2 Å². The van der Waals surface area contributed by atoms with Crippen LogP contribution in [0.4, 0.5) is 0 Å². The van der Waals surface area contributed by atoms with Gasteiger partial charge in [-0.05, 0) is 60.6 Å². The van der Waals surface area contributed by atoms with Crippen molar-refractivity contribution in [2.24, 2.45) is 0 Å². The predicted molar refractivity (Wildman–Crippen MR) is 134 cm³/mol. The lowest BCUT2D eigenvalue weighted by Gasteiger charge is -2.15. The van der Waals surface area contributed by atoms with Crippen LogP contribution >= 0.6 is 11.3 Å². The summed E-state index contributed by atoms with van der Waals surface area (Å²) in [6.45, 7) is 2.59. The molecule has 158 valence electrons. The van der Waals surface area contributed by atoms with Crippen molar-refractivity contribution >= 4 is 32.3 Å². The van der Waals surface area contributed by atoms with Crippen LogP contribution in [0.2, 0.25) is 0 Å². The standard InChI is InChI=1S/C28H24N2OS/c1-18-8-6-11-20(16-18)26-29-27-25(23-14-4-5-15-24(23)32-27)28(31)30(26)17-21-12-7-10-19-9-2-3-13-22(19)21/h2-3,6-13,16H,4-5,14-15,17H2,1H3. The molecule has 3 aromatic carbocycles. The maximum Gasteiger partial charge on any atom is 0.263 e. The number of fused-ring (bicyclic) bond motifs is 4. The SMILES string of the molecule is Cc1cccc(-c2nc3sc4c(c3c(=O)n2Cc2cccc3ccccc23)CCCC4)c1. The number of rotatable bonds is 3. The molecule has 5 aromatic rings. The molecule has 6 rings (SSSR count). The van der Waals surface area contributed by atoms with Crippen LogP contribution < -0.4 is 5.56 Å². The molecular weight excluding hydrogens is 412 g/mol. The van der Waals surface area contributed by atoms with Gasteiger partial charge < -0.3 is 0 Å². The molecule has 3 nitrogen and oxygen atoms in total. The number of aryl methyl sites for hydroxylation is 3. The van der Waals surface area contributed by atoms with Crippen molar-refractivity contribution in [1.29, 1.82) is 0 Å². The maximum absolute atomic E-state index is 14.0. The zero-order chi connectivity index (χ0) is 21.7. The van der Waals surface area contributed by atoms with Crippen molar-refractivity contribution < 1.29 is 0 Å². The molecule has 0 unspecified atom stereocenters. The molecule has 32 heavy (non-hydrogen) atoms. The summed E-state index contributed by atoms with van der Waals surface area (Å²) in [5.74, 6) is 0.762. The molecule has 0 fully saturated rings. The lowest BCUT2D eigenvalue weighted by molar-refractivity contribution is 0.698. The lowest BCUT2D eigenvalue weighted by atomic mass is 9.97. The van der Waals surface area contributed by atoms with E-state index < -0.39 is 0 Å². The fourth-order valence-electron chi connectivity index (χ4n) is 4.99. The average molecular weight is 437 g/mol. The third-order valence-corrected chi connectivity index (χ3v) is 7.75. The van der Waals surface area contributed by atoms with Gasteiger partial charge in [0.1, 0.15) is 10.7 Å². The Morgan fingerprint density at radius 2 is 1.78 bits per heavy atom. The van der Waals surface area contributed by atoms with E-state index in [1.54, 1.807) is 11.3 Å². The highest BCUT2D eigenvalue weighted by Crippen LogP contribution is 2.35. The number of aromatic nitrogens is 2. The van der Waals surface area contributed by atoms with Crippen molar-refractivity contribution in [3.8, 4) is 11.4 Å². The second-order valence-electron chi connectivity index (χ2n) is 8.73. The van der Waals surface area contributed by atoms with E-state index in [-0.39, 0.29) is 5.56 Å². The van der Waals surface area contributed by atoms with Gasteiger partial charge in [0, 0.05) is 10.4 Å². The quantitative estimate of drug-likeness (QED) is 0.323. The van der Waals surface area contributed by atoms with E-state index >= 15 is 0 Å². The fourth-order valence-corrected chi connectivity index (χ4v) is 6.24. The Hall–Kier alpha value is -3.24. The molecule has 0 amide bonds. The van der Waals surface area contributed by atoms with Crippen LogP contribution in [0, 0.1) is 6.92 Å². The molecule has 1 aliphatic rings. The molecule has 0 radical (unpaired) electrons. The molecule has 0 bridgehead atoms. The zero-order valence-corrected chi connectivity index (χ0v) is 18.9. The van der Waals surface area contributed by atoms with Gasteiger partial charge in [-0.15, -0.1) is 11.3 Å². The second kappa shape index (κ2) is 7.72. The van der Waals surface area contributed by atoms with Crippen molar-refractivity contribution in [3.63, 3.8) is 0 Å². The van der Waals surface area contributed by atoms with Crippen molar-refractivity contribution in [2.75, 3.05) is 0 Å². The Morgan fingerprint density at radius 3 is 2.69 bits per heavy atom. The number of hydrogen-bond acceptors (Lipinski definition) is 3. The first-order chi connectivity index (χ1) is 15.7. The maximum atomic E-state index is 14.0. The van der Waals surface area contributed by atoms with Gasteiger partial charge in [0.2, 0.25) is 0 Å². The van der Waals surface area contributed by atoms with Crippen LogP contribution in [0.1, 0.15) is 34.4 Å². The third kappa shape index (κ3) is 3.18. The van der Waals surface area contributed by atoms with Gasteiger partial charge in [0.15, 0.2) is 0 Å². The topological polar surface area (TPSA) is 34.9 Å². The minimum Gasteiger partial charge on any atom is -0.288 e. The minimum atomic E-state index is 0.0961. The Kier molecular flexibility index (Phi) is 4.69. The first kappa shape index (κ1) is 19.4. The van der Waals surface area contributed by atoms with Gasteiger partial charge in [0.25, 0.3) is 5.56 Å². The van der Waals surface area contributed by atoms with Gasteiger partial charge in [-0.25, -0.2) is 4.98 Å². The van der Waals surface area contributed by atoms with E-state index in [1.807, 2.05) is 10.6 Å². The highest BCUT2D eigenvalue weighted by molar-refractivity contribution is 7.18. The molecular formula is C28H24N2OS. The number of thiophene rings is 1. The number of benzene rings is 3. The molecule has 4 heteroatoms. The minimum absolute atomic E-state index is 0.0961. The van der Waals surface area contributed by atoms with Crippen LogP contribution in [-0.2, 0) is 19.4 Å². The predicted octanol–water partition coefficient (Wildman–Crippen LogP) is 6.51. The summed E-state index contributed by atoms with van der Waals surface area (Å²) >= 11 is 1.72. The first-order valence-electron chi connectivity index (χ1n) is 11.3. The van der Waals surface area contributed by atoms with E-state index in [0.717, 1.165) is 46.4 Å². The summed E-state index contributed by atoms with van der Waals surface area (Å²) in [6.07, 6.45) is 4.42. The van der Waals surface area contributed by atoms with E-state index in [9.17, 15) is 4.79 Å². The molecule has 0 saturated carbocycles. The Balaban J connectivity index is 1.63. The van der Waals surface area contributed by atoms with Gasteiger partial charge >= 0.3 is 0 Å². The summed E-state index contributed by atoms with van der Waals surface area (Å²) in [4.78, 5) is 21.4. The highest BCUT2D eigenvalue weighted by atomic mass is 32.1. The summed E-state index contributed by atoms with van der Waals surface area (Å²) in [6, 6.07) is 23.0. The van der Waals surface area contributed by atoms with Gasteiger partial charge in [0.05, 0.1) is 11.9 Å². The van der Waals surface area contributed by atoms with Crippen molar-refractivity contribution in [1.82, 2.24) is 9.55 Å². The molecule has 0 atom stereocenters. The molecule has 1 aliphatic carbocycles.